The Hall–Kier alpha value is -0.230. The number of halogens is 1. The topological polar surface area (TPSA) is 24.9 Å². The van der Waals surface area contributed by atoms with Crippen LogP contribution < -0.4 is 5.32 Å². The summed E-state index contributed by atoms with van der Waals surface area (Å²) < 4.78 is 1.20. The number of rotatable bonds is 5. The van der Waals surface area contributed by atoms with Crippen molar-refractivity contribution in [1.82, 2.24) is 10.3 Å². The molecule has 0 amide bonds. The van der Waals surface area contributed by atoms with Gasteiger partial charge in [-0.1, -0.05) is 6.92 Å². The molecule has 0 saturated carbocycles. The van der Waals surface area contributed by atoms with Crippen molar-refractivity contribution >= 4 is 38.6 Å². The third-order valence-electron chi connectivity index (χ3n) is 3.36. The fourth-order valence-corrected chi connectivity index (χ4v) is 5.42. The smallest absolute Gasteiger partial charge is 0.116 e. The Labute approximate surface area is 130 Å². The molecule has 0 spiro atoms. The highest BCUT2D eigenvalue weighted by atomic mass is 79.9. The molecule has 2 aromatic rings. The Kier molecular flexibility index (Phi) is 4.37. The summed E-state index contributed by atoms with van der Waals surface area (Å²) in [6, 6.07) is 2.38. The van der Waals surface area contributed by atoms with Crippen LogP contribution in [0, 0.1) is 0 Å². The molecule has 0 radical (unpaired) electrons. The molecule has 0 fully saturated rings. The molecule has 102 valence electrons. The average molecular weight is 357 g/mol. The van der Waals surface area contributed by atoms with Gasteiger partial charge >= 0.3 is 0 Å². The van der Waals surface area contributed by atoms with Crippen LogP contribution in [0.5, 0.6) is 0 Å². The summed E-state index contributed by atoms with van der Waals surface area (Å²) in [7, 11) is 0. The Morgan fingerprint density at radius 1 is 1.47 bits per heavy atom. The second-order valence-electron chi connectivity index (χ2n) is 4.80. The van der Waals surface area contributed by atoms with E-state index >= 15 is 0 Å². The van der Waals surface area contributed by atoms with Gasteiger partial charge in [0.05, 0.1) is 11.7 Å². The maximum absolute atomic E-state index is 4.88. The SMILES string of the molecule is CCCNC(c1nc2c(s1)CCC2)c1sccc1Br. The summed E-state index contributed by atoms with van der Waals surface area (Å²) in [5.74, 6) is 0. The number of nitrogens with zero attached hydrogens (tertiary/aromatic N) is 1. The number of fused-ring (bicyclic) bond motifs is 1. The van der Waals surface area contributed by atoms with E-state index in [-0.39, 0.29) is 6.04 Å². The number of thiazole rings is 1. The first kappa shape index (κ1) is 13.7. The van der Waals surface area contributed by atoms with Crippen molar-refractivity contribution in [1.29, 1.82) is 0 Å². The summed E-state index contributed by atoms with van der Waals surface area (Å²) in [5, 5.41) is 7.02. The van der Waals surface area contributed by atoms with Gasteiger partial charge in [0.25, 0.3) is 0 Å². The van der Waals surface area contributed by atoms with Crippen LogP contribution in [0.15, 0.2) is 15.9 Å². The number of hydrogen-bond donors (Lipinski definition) is 1. The summed E-state index contributed by atoms with van der Waals surface area (Å²) in [6.07, 6.45) is 4.81. The molecule has 2 aromatic heterocycles. The molecule has 0 aromatic carbocycles. The van der Waals surface area contributed by atoms with Gasteiger partial charge in [0.1, 0.15) is 5.01 Å². The molecule has 1 N–H and O–H groups in total. The summed E-state index contributed by atoms with van der Waals surface area (Å²) in [6.45, 7) is 3.23. The zero-order chi connectivity index (χ0) is 13.2. The molecule has 1 aliphatic carbocycles. The lowest BCUT2D eigenvalue weighted by Crippen LogP contribution is -2.22. The maximum Gasteiger partial charge on any atom is 0.116 e. The Balaban J connectivity index is 1.92. The number of aromatic nitrogens is 1. The normalized spacial score (nSPS) is 15.7. The van der Waals surface area contributed by atoms with Crippen LogP contribution in [0.25, 0.3) is 0 Å². The van der Waals surface area contributed by atoms with Crippen LogP contribution in [-0.2, 0) is 12.8 Å². The molecular formula is C14H17BrN2S2. The van der Waals surface area contributed by atoms with Gasteiger partial charge in [-0.2, -0.15) is 0 Å². The molecule has 1 atom stereocenters. The van der Waals surface area contributed by atoms with Crippen LogP contribution in [0.4, 0.5) is 0 Å². The second-order valence-corrected chi connectivity index (χ2v) is 7.71. The molecular weight excluding hydrogens is 340 g/mol. The Morgan fingerprint density at radius 3 is 3.05 bits per heavy atom. The highest BCUT2D eigenvalue weighted by Crippen LogP contribution is 2.37. The fourth-order valence-electron chi connectivity index (χ4n) is 2.43. The van der Waals surface area contributed by atoms with Gasteiger partial charge in [-0.15, -0.1) is 22.7 Å². The third-order valence-corrected chi connectivity index (χ3v) is 6.52. The molecule has 1 aliphatic rings. The predicted octanol–water partition coefficient (Wildman–Crippen LogP) is 4.54. The van der Waals surface area contributed by atoms with E-state index in [4.69, 9.17) is 4.98 Å². The van der Waals surface area contributed by atoms with E-state index in [1.165, 1.54) is 37.8 Å². The molecule has 19 heavy (non-hydrogen) atoms. The molecule has 3 rings (SSSR count). The van der Waals surface area contributed by atoms with E-state index in [2.05, 4.69) is 39.6 Å². The van der Waals surface area contributed by atoms with Crippen molar-refractivity contribution < 1.29 is 0 Å². The van der Waals surface area contributed by atoms with Gasteiger partial charge in [-0.25, -0.2) is 4.98 Å². The van der Waals surface area contributed by atoms with Gasteiger partial charge in [0.15, 0.2) is 0 Å². The summed E-state index contributed by atoms with van der Waals surface area (Å²) >= 11 is 7.36. The second kappa shape index (κ2) is 6.04. The average Bonchev–Trinajstić information content (AvgIpc) is 3.06. The minimum atomic E-state index is 0.255. The lowest BCUT2D eigenvalue weighted by atomic mass is 10.2. The quantitative estimate of drug-likeness (QED) is 0.850. The monoisotopic (exact) mass is 356 g/mol. The summed E-state index contributed by atoms with van der Waals surface area (Å²) in [5.41, 5.74) is 1.34. The molecule has 5 heteroatoms. The minimum absolute atomic E-state index is 0.255. The first-order chi connectivity index (χ1) is 9.29. The van der Waals surface area contributed by atoms with E-state index < -0.39 is 0 Å². The maximum atomic E-state index is 4.88. The van der Waals surface area contributed by atoms with E-state index in [1.54, 1.807) is 11.3 Å². The van der Waals surface area contributed by atoms with Crippen LogP contribution in [0.2, 0.25) is 0 Å². The lowest BCUT2D eigenvalue weighted by molar-refractivity contribution is 0.600. The van der Waals surface area contributed by atoms with Gasteiger partial charge < -0.3 is 5.32 Å². The molecule has 2 nitrogen and oxygen atoms in total. The molecule has 0 saturated heterocycles. The molecule has 0 aliphatic heterocycles. The predicted molar refractivity (Wildman–Crippen MR) is 86.3 cm³/mol. The fraction of sp³-hybridized carbons (Fsp3) is 0.500. The number of aryl methyl sites for hydroxylation is 2. The van der Waals surface area contributed by atoms with Crippen molar-refractivity contribution in [3.8, 4) is 0 Å². The zero-order valence-corrected chi connectivity index (χ0v) is 14.1. The number of thiophene rings is 1. The van der Waals surface area contributed by atoms with Crippen LogP contribution in [0.3, 0.4) is 0 Å². The molecule has 0 bridgehead atoms. The van der Waals surface area contributed by atoms with Crippen molar-refractivity contribution in [3.63, 3.8) is 0 Å². The van der Waals surface area contributed by atoms with Gasteiger partial charge in [-0.05, 0) is 59.6 Å². The zero-order valence-electron chi connectivity index (χ0n) is 10.9. The van der Waals surface area contributed by atoms with Crippen LogP contribution >= 0.6 is 38.6 Å². The Morgan fingerprint density at radius 2 is 2.37 bits per heavy atom. The first-order valence-electron chi connectivity index (χ1n) is 6.74. The van der Waals surface area contributed by atoms with Crippen molar-refractivity contribution in [2.75, 3.05) is 6.54 Å². The van der Waals surface area contributed by atoms with Gasteiger partial charge in [0.2, 0.25) is 0 Å². The highest BCUT2D eigenvalue weighted by Gasteiger charge is 2.24. The van der Waals surface area contributed by atoms with E-state index in [9.17, 15) is 0 Å². The van der Waals surface area contributed by atoms with Gasteiger partial charge in [0, 0.05) is 14.2 Å². The van der Waals surface area contributed by atoms with Crippen molar-refractivity contribution in [2.45, 2.75) is 38.6 Å². The van der Waals surface area contributed by atoms with E-state index in [0.29, 0.717) is 0 Å². The van der Waals surface area contributed by atoms with E-state index in [0.717, 1.165) is 19.4 Å². The van der Waals surface area contributed by atoms with Crippen LogP contribution in [0.1, 0.15) is 46.3 Å². The van der Waals surface area contributed by atoms with Crippen LogP contribution in [-0.4, -0.2) is 11.5 Å². The highest BCUT2D eigenvalue weighted by molar-refractivity contribution is 9.10. The number of hydrogen-bond acceptors (Lipinski definition) is 4. The lowest BCUT2D eigenvalue weighted by Gasteiger charge is -2.15. The van der Waals surface area contributed by atoms with Crippen molar-refractivity contribution in [2.24, 2.45) is 0 Å². The largest absolute Gasteiger partial charge is 0.304 e. The number of nitrogens with one attached hydrogen (secondary N) is 1. The summed E-state index contributed by atoms with van der Waals surface area (Å²) in [4.78, 5) is 7.74. The minimum Gasteiger partial charge on any atom is -0.304 e. The first-order valence-corrected chi connectivity index (χ1v) is 9.23. The Bertz CT molecular complexity index is 540. The van der Waals surface area contributed by atoms with Crippen molar-refractivity contribution in [3.05, 3.63) is 36.4 Å². The molecule has 2 heterocycles. The standard InChI is InChI=1S/C14H17BrN2S2/c1-2-7-16-12(13-9(15)6-8-18-13)14-17-10-4-3-5-11(10)19-14/h6,8,12,16H,2-5,7H2,1H3. The van der Waals surface area contributed by atoms with Gasteiger partial charge in [-0.3, -0.25) is 0 Å². The third kappa shape index (κ3) is 2.79. The van der Waals surface area contributed by atoms with E-state index in [1.807, 2.05) is 11.3 Å². The molecule has 1 unspecified atom stereocenters.